The Morgan fingerprint density at radius 3 is 3.05 bits per heavy atom. The molecule has 0 aromatic carbocycles. The molecule has 0 radical (unpaired) electrons. The Hall–Kier alpha value is -1.56. The molecule has 1 N–H and O–H groups in total. The molecule has 0 bridgehead atoms. The number of carbonyl (C=O) groups is 1. The highest BCUT2D eigenvalue weighted by atomic mass is 16.6. The lowest BCUT2D eigenvalue weighted by atomic mass is 10.2. The molecule has 1 amide bonds. The number of hydrogen-bond donors (Lipinski definition) is 1. The SMILES string of the molecule is CC(C)(C)OC(=O)N1CCC(NCc2ccno2)C1. The summed E-state index contributed by atoms with van der Waals surface area (Å²) < 4.78 is 10.4. The van der Waals surface area contributed by atoms with Crippen molar-refractivity contribution in [3.05, 3.63) is 18.0 Å². The second kappa shape index (κ2) is 5.61. The predicted octanol–water partition coefficient (Wildman–Crippen LogP) is 1.77. The Bertz CT molecular complexity index is 411. The number of likely N-dealkylation sites (tertiary alicyclic amines) is 1. The second-order valence-corrected chi connectivity index (χ2v) is 5.77. The minimum atomic E-state index is -0.442. The normalized spacial score (nSPS) is 19.7. The number of hydrogen-bond acceptors (Lipinski definition) is 5. The molecule has 6 nitrogen and oxygen atoms in total. The standard InChI is InChI=1S/C13H21N3O3/c1-13(2,3)18-12(17)16-7-5-10(9-16)14-8-11-4-6-15-19-11/h4,6,10,14H,5,7-9H2,1-3H3. The summed E-state index contributed by atoms with van der Waals surface area (Å²) in [6, 6.07) is 2.10. The first kappa shape index (κ1) is 13.9. The van der Waals surface area contributed by atoms with Crippen LogP contribution >= 0.6 is 0 Å². The number of nitrogens with one attached hydrogen (secondary N) is 1. The summed E-state index contributed by atoms with van der Waals surface area (Å²) in [5.74, 6) is 0.802. The van der Waals surface area contributed by atoms with Crippen LogP contribution in [0.1, 0.15) is 33.0 Å². The predicted molar refractivity (Wildman–Crippen MR) is 69.6 cm³/mol. The molecular formula is C13H21N3O3. The summed E-state index contributed by atoms with van der Waals surface area (Å²) in [6.07, 6.45) is 2.31. The number of rotatable bonds is 3. The van der Waals surface area contributed by atoms with Crippen LogP contribution in [0.5, 0.6) is 0 Å². The summed E-state index contributed by atoms with van der Waals surface area (Å²) in [5.41, 5.74) is -0.442. The third-order valence-electron chi connectivity index (χ3n) is 2.90. The molecule has 106 valence electrons. The van der Waals surface area contributed by atoms with Crippen LogP contribution in [0.15, 0.2) is 16.8 Å². The van der Waals surface area contributed by atoms with Crippen LogP contribution < -0.4 is 5.32 Å². The highest BCUT2D eigenvalue weighted by Crippen LogP contribution is 2.15. The Kier molecular flexibility index (Phi) is 4.09. The summed E-state index contributed by atoms with van der Waals surface area (Å²) in [5, 5.41) is 7.00. The van der Waals surface area contributed by atoms with E-state index in [4.69, 9.17) is 9.26 Å². The van der Waals surface area contributed by atoms with Crippen LogP contribution in [0.3, 0.4) is 0 Å². The van der Waals surface area contributed by atoms with Crippen molar-refractivity contribution >= 4 is 6.09 Å². The zero-order valence-electron chi connectivity index (χ0n) is 11.7. The fraction of sp³-hybridized carbons (Fsp3) is 0.692. The van der Waals surface area contributed by atoms with Gasteiger partial charge in [-0.25, -0.2) is 4.79 Å². The van der Waals surface area contributed by atoms with Gasteiger partial charge >= 0.3 is 6.09 Å². The Balaban J connectivity index is 1.75. The maximum Gasteiger partial charge on any atom is 0.410 e. The van der Waals surface area contributed by atoms with Crippen LogP contribution in [0.2, 0.25) is 0 Å². The van der Waals surface area contributed by atoms with Crippen molar-refractivity contribution in [3.8, 4) is 0 Å². The third kappa shape index (κ3) is 4.24. The van der Waals surface area contributed by atoms with Crippen LogP contribution in [-0.2, 0) is 11.3 Å². The third-order valence-corrected chi connectivity index (χ3v) is 2.90. The van der Waals surface area contributed by atoms with E-state index in [-0.39, 0.29) is 12.1 Å². The number of aromatic nitrogens is 1. The molecule has 1 fully saturated rings. The Morgan fingerprint density at radius 1 is 1.63 bits per heavy atom. The van der Waals surface area contributed by atoms with E-state index in [2.05, 4.69) is 10.5 Å². The Morgan fingerprint density at radius 2 is 2.42 bits per heavy atom. The lowest BCUT2D eigenvalue weighted by Crippen LogP contribution is -2.38. The minimum Gasteiger partial charge on any atom is -0.444 e. The molecule has 1 aliphatic rings. The van der Waals surface area contributed by atoms with Crippen molar-refractivity contribution in [2.24, 2.45) is 0 Å². The van der Waals surface area contributed by atoms with Gasteiger partial charge in [-0.05, 0) is 27.2 Å². The lowest BCUT2D eigenvalue weighted by Gasteiger charge is -2.24. The Labute approximate surface area is 113 Å². The average molecular weight is 267 g/mol. The molecule has 2 heterocycles. The zero-order valence-corrected chi connectivity index (χ0v) is 11.7. The van der Waals surface area contributed by atoms with Gasteiger partial charge < -0.3 is 19.5 Å². The number of ether oxygens (including phenoxy) is 1. The molecule has 1 aromatic rings. The molecular weight excluding hydrogens is 246 g/mol. The maximum absolute atomic E-state index is 11.9. The van der Waals surface area contributed by atoms with Crippen molar-refractivity contribution < 1.29 is 14.1 Å². The van der Waals surface area contributed by atoms with Crippen molar-refractivity contribution in [2.75, 3.05) is 13.1 Å². The summed E-state index contributed by atoms with van der Waals surface area (Å²) in [6.45, 7) is 7.65. The van der Waals surface area contributed by atoms with Crippen LogP contribution in [0.25, 0.3) is 0 Å². The van der Waals surface area contributed by atoms with E-state index >= 15 is 0 Å². The van der Waals surface area contributed by atoms with Crippen LogP contribution in [-0.4, -0.2) is 40.9 Å². The van der Waals surface area contributed by atoms with Gasteiger partial charge in [0.25, 0.3) is 0 Å². The van der Waals surface area contributed by atoms with Gasteiger partial charge in [-0.3, -0.25) is 0 Å². The molecule has 19 heavy (non-hydrogen) atoms. The average Bonchev–Trinajstić information content (AvgIpc) is 2.96. The van der Waals surface area contributed by atoms with Gasteiger partial charge in [0.15, 0.2) is 0 Å². The van der Waals surface area contributed by atoms with Crippen molar-refractivity contribution in [1.29, 1.82) is 0 Å². The van der Waals surface area contributed by atoms with Crippen molar-refractivity contribution in [3.63, 3.8) is 0 Å². The van der Waals surface area contributed by atoms with Gasteiger partial charge in [0, 0.05) is 25.2 Å². The van der Waals surface area contributed by atoms with Gasteiger partial charge in [0.2, 0.25) is 0 Å². The molecule has 0 spiro atoms. The van der Waals surface area contributed by atoms with E-state index in [9.17, 15) is 4.79 Å². The molecule has 1 unspecified atom stereocenters. The molecule has 1 aromatic heterocycles. The monoisotopic (exact) mass is 267 g/mol. The van der Waals surface area contributed by atoms with E-state index in [0.29, 0.717) is 13.1 Å². The smallest absolute Gasteiger partial charge is 0.410 e. The number of nitrogens with zero attached hydrogens (tertiary/aromatic N) is 2. The van der Waals surface area contributed by atoms with E-state index in [1.54, 1.807) is 11.1 Å². The highest BCUT2D eigenvalue weighted by Gasteiger charge is 2.29. The maximum atomic E-state index is 11.9. The van der Waals surface area contributed by atoms with Gasteiger partial charge in [0.05, 0.1) is 12.7 Å². The molecule has 2 rings (SSSR count). The quantitative estimate of drug-likeness (QED) is 0.904. The van der Waals surface area contributed by atoms with E-state index in [1.165, 1.54) is 0 Å². The molecule has 0 saturated carbocycles. The lowest BCUT2D eigenvalue weighted by molar-refractivity contribution is 0.0291. The van der Waals surface area contributed by atoms with Crippen LogP contribution in [0, 0.1) is 0 Å². The van der Waals surface area contributed by atoms with Crippen molar-refractivity contribution in [2.45, 2.75) is 45.4 Å². The molecule has 1 atom stereocenters. The molecule has 6 heteroatoms. The number of carbonyl (C=O) groups excluding carboxylic acids is 1. The molecule has 0 aliphatic carbocycles. The first-order valence-electron chi connectivity index (χ1n) is 6.55. The van der Waals surface area contributed by atoms with E-state index in [1.807, 2.05) is 26.8 Å². The van der Waals surface area contributed by atoms with E-state index < -0.39 is 5.60 Å². The molecule has 1 saturated heterocycles. The van der Waals surface area contributed by atoms with Gasteiger partial charge in [-0.15, -0.1) is 0 Å². The summed E-state index contributed by atoms with van der Waals surface area (Å²) in [4.78, 5) is 13.6. The van der Waals surface area contributed by atoms with Crippen LogP contribution in [0.4, 0.5) is 4.79 Å². The fourth-order valence-electron chi connectivity index (χ4n) is 2.00. The van der Waals surface area contributed by atoms with Crippen molar-refractivity contribution in [1.82, 2.24) is 15.4 Å². The number of amides is 1. The molecule has 1 aliphatic heterocycles. The minimum absolute atomic E-state index is 0.239. The largest absolute Gasteiger partial charge is 0.444 e. The summed E-state index contributed by atoms with van der Waals surface area (Å²) in [7, 11) is 0. The van der Waals surface area contributed by atoms with E-state index in [0.717, 1.165) is 18.7 Å². The fourth-order valence-corrected chi connectivity index (χ4v) is 2.00. The van der Waals surface area contributed by atoms with Gasteiger partial charge in [-0.1, -0.05) is 5.16 Å². The highest BCUT2D eigenvalue weighted by molar-refractivity contribution is 5.68. The second-order valence-electron chi connectivity index (χ2n) is 5.77. The first-order valence-corrected chi connectivity index (χ1v) is 6.55. The summed E-state index contributed by atoms with van der Waals surface area (Å²) >= 11 is 0. The zero-order chi connectivity index (χ0) is 13.9. The topological polar surface area (TPSA) is 67.6 Å². The first-order chi connectivity index (χ1) is 8.94. The van der Waals surface area contributed by atoms with Gasteiger partial charge in [-0.2, -0.15) is 0 Å². The van der Waals surface area contributed by atoms with Gasteiger partial charge in [0.1, 0.15) is 11.4 Å².